The van der Waals surface area contributed by atoms with E-state index in [0.29, 0.717) is 46.2 Å². The summed E-state index contributed by atoms with van der Waals surface area (Å²) >= 11 is 0. The monoisotopic (exact) mass is 1080 g/mol. The Hall–Kier alpha value is -6.07. The second kappa shape index (κ2) is 35.4. The maximum absolute atomic E-state index is 14.8. The number of Topliss-reactive ketones (excluding diaryl/α,β-unsaturated/α-hetero) is 1. The molecule has 0 fully saturated rings. The molecule has 2 aromatic carbocycles. The lowest BCUT2D eigenvalue weighted by Crippen LogP contribution is -2.53. The van der Waals surface area contributed by atoms with Gasteiger partial charge in [0.05, 0.1) is 97.2 Å². The fourth-order valence-corrected chi connectivity index (χ4v) is 7.77. The van der Waals surface area contributed by atoms with Crippen molar-refractivity contribution in [3.63, 3.8) is 0 Å². The van der Waals surface area contributed by atoms with Gasteiger partial charge in [-0.1, -0.05) is 102 Å². The van der Waals surface area contributed by atoms with Gasteiger partial charge in [0.1, 0.15) is 19.3 Å². The number of hydrogen-bond donors (Lipinski definition) is 2. The maximum Gasteiger partial charge on any atom is 0.511 e. The van der Waals surface area contributed by atoms with Gasteiger partial charge < -0.3 is 57.4 Å². The number of benzene rings is 2. The number of esters is 2. The summed E-state index contributed by atoms with van der Waals surface area (Å²) in [4.78, 5) is 85.9. The number of hydrazine groups is 1. The largest absolute Gasteiger partial charge is 0.511 e. The summed E-state index contributed by atoms with van der Waals surface area (Å²) in [5, 5.41) is 4.31. The Kier molecular flexibility index (Phi) is 30.0. The lowest BCUT2D eigenvalue weighted by molar-refractivity contribution is -0.173. The van der Waals surface area contributed by atoms with E-state index in [2.05, 4.69) is 15.7 Å². The van der Waals surface area contributed by atoms with Crippen molar-refractivity contribution in [1.29, 1.82) is 0 Å². The van der Waals surface area contributed by atoms with Gasteiger partial charge in [-0.05, 0) is 40.5 Å². The zero-order chi connectivity index (χ0) is 56.6. The van der Waals surface area contributed by atoms with Crippen LogP contribution in [0, 0.1) is 22.7 Å². The minimum atomic E-state index is -1.41. The number of ether oxygens (including phenoxy) is 11. The van der Waals surface area contributed by atoms with Gasteiger partial charge >= 0.3 is 24.2 Å². The number of hydrogen-bond acceptors (Lipinski definition) is 19. The van der Waals surface area contributed by atoms with Crippen molar-refractivity contribution in [3.8, 4) is 11.3 Å². The summed E-state index contributed by atoms with van der Waals surface area (Å²) in [6.07, 6.45) is -3.39. The van der Waals surface area contributed by atoms with Crippen LogP contribution in [-0.4, -0.2) is 165 Å². The summed E-state index contributed by atoms with van der Waals surface area (Å²) in [6.45, 7) is 14.8. The van der Waals surface area contributed by atoms with Gasteiger partial charge in [0, 0.05) is 51.8 Å². The van der Waals surface area contributed by atoms with Gasteiger partial charge in [0.2, 0.25) is 12.2 Å². The summed E-state index contributed by atoms with van der Waals surface area (Å²) < 4.78 is 58.9. The summed E-state index contributed by atoms with van der Waals surface area (Å²) in [5.41, 5.74) is 4.54. The van der Waals surface area contributed by atoms with Crippen LogP contribution in [0.2, 0.25) is 0 Å². The molecule has 0 aliphatic carbocycles. The molecule has 0 radical (unpaired) electrons. The lowest BCUT2D eigenvalue weighted by atomic mass is 9.78. The molecule has 21 heteroatoms. The average Bonchev–Trinajstić information content (AvgIpc) is 3.37. The number of aromatic nitrogens is 1. The first-order valence-electron chi connectivity index (χ1n) is 25.7. The van der Waals surface area contributed by atoms with Crippen molar-refractivity contribution >= 4 is 35.9 Å². The van der Waals surface area contributed by atoms with Gasteiger partial charge in [0.25, 0.3) is 0 Å². The topological polar surface area (TPSA) is 244 Å². The molecule has 0 aliphatic heterocycles. The molecule has 2 amide bonds. The molecule has 5 atom stereocenters. The third-order valence-electron chi connectivity index (χ3n) is 11.8. The third kappa shape index (κ3) is 26.7. The molecule has 0 aliphatic rings. The van der Waals surface area contributed by atoms with E-state index in [0.717, 1.165) is 22.4 Å². The Balaban J connectivity index is 1.93. The van der Waals surface area contributed by atoms with E-state index < -0.39 is 83.6 Å². The molecule has 1 aromatic heterocycles. The fraction of sp³-hybridized carbons (Fsp3) is 0.589. The number of carbonyl (C=O) groups excluding carboxylic acids is 6. The minimum absolute atomic E-state index is 0.0471. The van der Waals surface area contributed by atoms with Crippen LogP contribution < -0.4 is 10.7 Å². The average molecular weight is 1080 g/mol. The van der Waals surface area contributed by atoms with Gasteiger partial charge in [-0.2, -0.15) is 0 Å². The van der Waals surface area contributed by atoms with Gasteiger partial charge in [-0.15, -0.1) is 0 Å². The van der Waals surface area contributed by atoms with Crippen LogP contribution in [0.3, 0.4) is 0 Å². The minimum Gasteiger partial charge on any atom is -0.469 e. The van der Waals surface area contributed by atoms with E-state index >= 15 is 0 Å². The molecule has 0 saturated carbocycles. The standard InChI is InChI=1S/C56H82N4O17/c1-40(75-50(63)39-68-9)76-54(66)77-48(38-60(59-52(64)45(55(2,3)4)36-49(62)69-10)37-42-19-21-43(22-20-42)46-18-14-15-23-57-46)44(34-41-16-12-11-13-17-41)35-47(61)51(56(5,6)7)58-53(65)74-33-32-73-31-30-72-29-28-71-27-26-70-25-24-67-8/h11-23,40,44-45,48,51H,24-39H2,1-10H3,(H,58,65)(H,59,64)/t40?,44?,45-,48+,51-/m1/s1. The second-order valence-corrected chi connectivity index (χ2v) is 20.1. The Bertz CT molecular complexity index is 2190. The third-order valence-corrected chi connectivity index (χ3v) is 11.8. The van der Waals surface area contributed by atoms with Gasteiger partial charge in [0.15, 0.2) is 5.78 Å². The van der Waals surface area contributed by atoms with Crippen molar-refractivity contribution < 1.29 is 80.9 Å². The number of pyridine rings is 1. The molecule has 1 heterocycles. The van der Waals surface area contributed by atoms with E-state index in [1.165, 1.54) is 21.1 Å². The second-order valence-electron chi connectivity index (χ2n) is 20.1. The molecule has 3 rings (SSSR count). The van der Waals surface area contributed by atoms with Crippen LogP contribution in [-0.2, 0) is 84.2 Å². The van der Waals surface area contributed by atoms with Crippen molar-refractivity contribution in [2.75, 3.05) is 101 Å². The smallest absolute Gasteiger partial charge is 0.469 e. The maximum atomic E-state index is 14.8. The van der Waals surface area contributed by atoms with E-state index in [-0.39, 0.29) is 52.2 Å². The number of nitrogens with zero attached hydrogens (tertiary/aromatic N) is 2. The van der Waals surface area contributed by atoms with Gasteiger partial charge in [-0.25, -0.2) is 19.4 Å². The predicted octanol–water partition coefficient (Wildman–Crippen LogP) is 6.54. The zero-order valence-corrected chi connectivity index (χ0v) is 46.5. The first-order chi connectivity index (χ1) is 36.7. The Labute approximate surface area is 453 Å². The first kappa shape index (κ1) is 65.2. The van der Waals surface area contributed by atoms with Crippen molar-refractivity contribution in [3.05, 3.63) is 90.1 Å². The fourth-order valence-electron chi connectivity index (χ4n) is 7.77. The lowest BCUT2D eigenvalue weighted by Gasteiger charge is -2.36. The highest BCUT2D eigenvalue weighted by molar-refractivity contribution is 5.88. The van der Waals surface area contributed by atoms with E-state index in [1.807, 2.05) is 93.6 Å². The number of ketones is 1. The van der Waals surface area contributed by atoms with E-state index in [9.17, 15) is 28.8 Å². The SMILES string of the molecule is COCCOCCOCCOCCOCCOC(=O)N[C@H](C(=O)CC(Cc1ccccc1)[C@H](CN(Cc1ccc(-c2ccccn2)cc1)NC(=O)[C@@H](CC(=O)OC)C(C)(C)C)OC(=O)OC(C)OC(=O)COC)C(C)(C)C. The number of carbonyl (C=O) groups is 6. The molecule has 3 aromatic rings. The molecule has 2 N–H and O–H groups in total. The summed E-state index contributed by atoms with van der Waals surface area (Å²) in [5.74, 6) is -4.05. The molecular formula is C56H82N4O17. The van der Waals surface area contributed by atoms with Crippen LogP contribution in [0.4, 0.5) is 9.59 Å². The first-order valence-corrected chi connectivity index (χ1v) is 25.7. The van der Waals surface area contributed by atoms with Crippen LogP contribution in [0.15, 0.2) is 79.0 Å². The molecule has 21 nitrogen and oxygen atoms in total. The summed E-state index contributed by atoms with van der Waals surface area (Å²) in [7, 11) is 4.16. The zero-order valence-electron chi connectivity index (χ0n) is 46.5. The van der Waals surface area contributed by atoms with Crippen LogP contribution in [0.1, 0.15) is 72.4 Å². The number of nitrogens with one attached hydrogen (secondary N) is 2. The highest BCUT2D eigenvalue weighted by Gasteiger charge is 2.39. The highest BCUT2D eigenvalue weighted by Crippen LogP contribution is 2.31. The van der Waals surface area contributed by atoms with E-state index in [4.69, 9.17) is 52.1 Å². The Morgan fingerprint density at radius 2 is 1.22 bits per heavy atom. The van der Waals surface area contributed by atoms with Crippen LogP contribution in [0.5, 0.6) is 0 Å². The molecule has 428 valence electrons. The molecule has 77 heavy (non-hydrogen) atoms. The predicted molar refractivity (Wildman–Crippen MR) is 283 cm³/mol. The van der Waals surface area contributed by atoms with Crippen molar-refractivity contribution in [1.82, 2.24) is 20.7 Å². The van der Waals surface area contributed by atoms with Crippen LogP contribution >= 0.6 is 0 Å². The number of amides is 2. The molecular weight excluding hydrogens is 1000 g/mol. The normalized spacial score (nSPS) is 13.6. The van der Waals surface area contributed by atoms with E-state index in [1.54, 1.807) is 39.1 Å². The van der Waals surface area contributed by atoms with Crippen LogP contribution in [0.25, 0.3) is 11.3 Å². The number of alkyl carbamates (subject to hydrolysis) is 1. The molecule has 0 saturated heterocycles. The Morgan fingerprint density at radius 3 is 1.77 bits per heavy atom. The number of rotatable bonds is 36. The summed E-state index contributed by atoms with van der Waals surface area (Å²) in [6, 6.07) is 21.2. The molecule has 0 spiro atoms. The quantitative estimate of drug-likeness (QED) is 0.0206. The van der Waals surface area contributed by atoms with Crippen molar-refractivity contribution in [2.24, 2.45) is 22.7 Å². The molecule has 0 bridgehead atoms. The number of methoxy groups -OCH3 is 3. The Morgan fingerprint density at radius 1 is 0.623 bits per heavy atom. The van der Waals surface area contributed by atoms with Crippen molar-refractivity contribution in [2.45, 2.75) is 92.7 Å². The van der Waals surface area contributed by atoms with Gasteiger partial charge in [-0.3, -0.25) is 24.8 Å². The highest BCUT2D eigenvalue weighted by atomic mass is 16.8. The molecule has 2 unspecified atom stereocenters.